The molecule has 0 saturated heterocycles. The zero-order valence-corrected chi connectivity index (χ0v) is 6.42. The van der Waals surface area contributed by atoms with Gasteiger partial charge in [-0.2, -0.15) is 4.39 Å². The summed E-state index contributed by atoms with van der Waals surface area (Å²) in [5.74, 6) is -4.82. The molecule has 0 atom stereocenters. The van der Waals surface area contributed by atoms with Crippen LogP contribution >= 0.6 is 0 Å². The van der Waals surface area contributed by atoms with E-state index in [9.17, 15) is 13.6 Å². The van der Waals surface area contributed by atoms with E-state index in [1.54, 1.807) is 0 Å². The minimum atomic E-state index is -1.42. The quantitative estimate of drug-likeness (QED) is 0.735. The molecule has 0 unspecified atom stereocenters. The van der Waals surface area contributed by atoms with Crippen LogP contribution in [0.1, 0.15) is 5.56 Å². The minimum absolute atomic E-state index is 0.289. The molecule has 0 amide bonds. The molecule has 0 saturated carbocycles. The Morgan fingerprint density at radius 2 is 1.92 bits per heavy atom. The largest absolute Gasteiger partial charge is 0.505 e. The molecular weight excluding hydrogens is 182 g/mol. The van der Waals surface area contributed by atoms with E-state index in [1.807, 2.05) is 0 Å². The second kappa shape index (κ2) is 3.38. The average Bonchev–Trinajstić information content (AvgIpc) is 2.06. The highest BCUT2D eigenvalue weighted by Gasteiger charge is 2.14. The van der Waals surface area contributed by atoms with Gasteiger partial charge in [-0.05, 0) is 6.07 Å². The van der Waals surface area contributed by atoms with Crippen molar-refractivity contribution in [3.8, 4) is 5.75 Å². The Labute approximate surface area is 72.2 Å². The van der Waals surface area contributed by atoms with Crippen molar-refractivity contribution in [3.05, 3.63) is 29.3 Å². The number of aliphatic carboxylic acids is 1. The van der Waals surface area contributed by atoms with Crippen molar-refractivity contribution in [1.82, 2.24) is 0 Å². The number of hydrogen-bond donors (Lipinski definition) is 2. The van der Waals surface area contributed by atoms with Crippen molar-refractivity contribution in [2.24, 2.45) is 0 Å². The monoisotopic (exact) mass is 188 g/mol. The van der Waals surface area contributed by atoms with Gasteiger partial charge in [0.05, 0.1) is 6.42 Å². The number of phenols is 1. The Bertz CT molecular complexity index is 349. The standard InChI is InChI=1S/C8H6F2O3/c9-7-4(3-6(12)13)1-2-5(11)8(7)10/h1-2,11H,3H2,(H,12,13). The normalized spacial score (nSPS) is 10.0. The Hall–Kier alpha value is -1.65. The minimum Gasteiger partial charge on any atom is -0.505 e. The van der Waals surface area contributed by atoms with Gasteiger partial charge in [-0.25, -0.2) is 4.39 Å². The number of aromatic hydroxyl groups is 1. The first-order valence-electron chi connectivity index (χ1n) is 3.40. The van der Waals surface area contributed by atoms with E-state index in [-0.39, 0.29) is 5.56 Å². The molecule has 0 heterocycles. The van der Waals surface area contributed by atoms with E-state index in [1.165, 1.54) is 0 Å². The van der Waals surface area contributed by atoms with Crippen LogP contribution in [0.4, 0.5) is 8.78 Å². The Kier molecular flexibility index (Phi) is 2.46. The topological polar surface area (TPSA) is 57.5 Å². The van der Waals surface area contributed by atoms with Crippen LogP contribution in [0.25, 0.3) is 0 Å². The summed E-state index contributed by atoms with van der Waals surface area (Å²) in [6, 6.07) is 1.94. The lowest BCUT2D eigenvalue weighted by Gasteiger charge is -2.01. The van der Waals surface area contributed by atoms with Gasteiger partial charge in [0.1, 0.15) is 0 Å². The van der Waals surface area contributed by atoms with Gasteiger partial charge in [0.25, 0.3) is 0 Å². The fourth-order valence-corrected chi connectivity index (χ4v) is 0.879. The number of hydrogen-bond acceptors (Lipinski definition) is 2. The molecule has 1 rings (SSSR count). The van der Waals surface area contributed by atoms with Gasteiger partial charge in [0, 0.05) is 5.56 Å². The lowest BCUT2D eigenvalue weighted by Crippen LogP contribution is -2.03. The highest BCUT2D eigenvalue weighted by atomic mass is 19.2. The number of halogens is 2. The van der Waals surface area contributed by atoms with Crippen LogP contribution in [0.2, 0.25) is 0 Å². The molecule has 0 aliphatic carbocycles. The number of phenolic OH excluding ortho intramolecular Hbond substituents is 1. The van der Waals surface area contributed by atoms with Gasteiger partial charge in [0.15, 0.2) is 11.6 Å². The molecular formula is C8H6F2O3. The zero-order valence-electron chi connectivity index (χ0n) is 6.42. The van der Waals surface area contributed by atoms with Crippen LogP contribution in [-0.2, 0) is 11.2 Å². The second-order valence-corrected chi connectivity index (χ2v) is 2.44. The molecule has 3 nitrogen and oxygen atoms in total. The molecule has 13 heavy (non-hydrogen) atoms. The molecule has 0 aliphatic rings. The average molecular weight is 188 g/mol. The van der Waals surface area contributed by atoms with Crippen LogP contribution in [0.5, 0.6) is 5.75 Å². The summed E-state index contributed by atoms with van der Waals surface area (Å²) in [5, 5.41) is 17.0. The van der Waals surface area contributed by atoms with Crippen molar-refractivity contribution < 1.29 is 23.8 Å². The highest BCUT2D eigenvalue weighted by Crippen LogP contribution is 2.21. The van der Waals surface area contributed by atoms with Crippen molar-refractivity contribution in [2.75, 3.05) is 0 Å². The van der Waals surface area contributed by atoms with E-state index < -0.39 is 29.8 Å². The van der Waals surface area contributed by atoms with Crippen LogP contribution < -0.4 is 0 Å². The third kappa shape index (κ3) is 1.93. The maximum Gasteiger partial charge on any atom is 0.307 e. The molecule has 0 radical (unpaired) electrons. The summed E-state index contributed by atoms with van der Waals surface area (Å²) in [7, 11) is 0. The second-order valence-electron chi connectivity index (χ2n) is 2.44. The first-order chi connectivity index (χ1) is 6.02. The van der Waals surface area contributed by atoms with Gasteiger partial charge in [-0.3, -0.25) is 4.79 Å². The van der Waals surface area contributed by atoms with Crippen LogP contribution in [0.3, 0.4) is 0 Å². The van der Waals surface area contributed by atoms with Gasteiger partial charge in [0.2, 0.25) is 5.82 Å². The molecule has 0 aromatic heterocycles. The van der Waals surface area contributed by atoms with Crippen LogP contribution in [-0.4, -0.2) is 16.2 Å². The molecule has 1 aromatic rings. The molecule has 0 spiro atoms. The molecule has 5 heteroatoms. The summed E-state index contributed by atoms with van der Waals surface area (Å²) in [4.78, 5) is 10.2. The fraction of sp³-hybridized carbons (Fsp3) is 0.125. The van der Waals surface area contributed by atoms with E-state index in [0.29, 0.717) is 0 Å². The van der Waals surface area contributed by atoms with Crippen molar-refractivity contribution in [3.63, 3.8) is 0 Å². The lowest BCUT2D eigenvalue weighted by molar-refractivity contribution is -0.136. The number of rotatable bonds is 2. The molecule has 1 aromatic carbocycles. The van der Waals surface area contributed by atoms with E-state index in [2.05, 4.69) is 0 Å². The number of carboxylic acids is 1. The molecule has 0 aliphatic heterocycles. The van der Waals surface area contributed by atoms with Gasteiger partial charge < -0.3 is 10.2 Å². The van der Waals surface area contributed by atoms with Crippen molar-refractivity contribution >= 4 is 5.97 Å². The summed E-state index contributed by atoms with van der Waals surface area (Å²) >= 11 is 0. The number of carbonyl (C=O) groups is 1. The van der Waals surface area contributed by atoms with E-state index >= 15 is 0 Å². The summed E-state index contributed by atoms with van der Waals surface area (Å²) in [6.45, 7) is 0. The molecule has 2 N–H and O–H groups in total. The zero-order chi connectivity index (χ0) is 10.0. The van der Waals surface area contributed by atoms with Gasteiger partial charge >= 0.3 is 5.97 Å². The predicted molar refractivity (Wildman–Crippen MR) is 39.4 cm³/mol. The predicted octanol–water partition coefficient (Wildman–Crippen LogP) is 1.30. The maximum atomic E-state index is 12.8. The van der Waals surface area contributed by atoms with Crippen LogP contribution in [0, 0.1) is 11.6 Å². The molecule has 0 bridgehead atoms. The lowest BCUT2D eigenvalue weighted by atomic mass is 10.1. The summed E-state index contributed by atoms with van der Waals surface area (Å²) in [5.41, 5.74) is -0.289. The van der Waals surface area contributed by atoms with E-state index in [4.69, 9.17) is 10.2 Å². The highest BCUT2D eigenvalue weighted by molar-refractivity contribution is 5.70. The first kappa shape index (κ1) is 9.44. The number of benzene rings is 1. The smallest absolute Gasteiger partial charge is 0.307 e. The number of carboxylic acid groups (broad SMARTS) is 1. The Balaban J connectivity index is 3.10. The summed E-state index contributed by atoms with van der Waals surface area (Å²) in [6.07, 6.45) is -0.608. The SMILES string of the molecule is O=C(O)Cc1ccc(O)c(F)c1F. The Morgan fingerprint density at radius 3 is 2.46 bits per heavy atom. The maximum absolute atomic E-state index is 12.8. The third-order valence-electron chi connectivity index (χ3n) is 1.48. The van der Waals surface area contributed by atoms with Gasteiger partial charge in [-0.15, -0.1) is 0 Å². The summed E-state index contributed by atoms with van der Waals surface area (Å²) < 4.78 is 25.4. The fourth-order valence-electron chi connectivity index (χ4n) is 0.879. The first-order valence-corrected chi connectivity index (χ1v) is 3.40. The Morgan fingerprint density at radius 1 is 1.31 bits per heavy atom. The molecule has 0 fully saturated rings. The van der Waals surface area contributed by atoms with Gasteiger partial charge in [-0.1, -0.05) is 6.07 Å². The molecule has 70 valence electrons. The van der Waals surface area contributed by atoms with Crippen molar-refractivity contribution in [2.45, 2.75) is 6.42 Å². The van der Waals surface area contributed by atoms with E-state index in [0.717, 1.165) is 12.1 Å². The van der Waals surface area contributed by atoms with Crippen LogP contribution in [0.15, 0.2) is 12.1 Å². The third-order valence-corrected chi connectivity index (χ3v) is 1.48. The van der Waals surface area contributed by atoms with Crippen molar-refractivity contribution in [1.29, 1.82) is 0 Å².